The van der Waals surface area contributed by atoms with E-state index in [1.165, 1.54) is 5.56 Å². The lowest BCUT2D eigenvalue weighted by Crippen LogP contribution is -2.38. The van der Waals surface area contributed by atoms with Crippen LogP contribution >= 0.6 is 28.1 Å². The van der Waals surface area contributed by atoms with Crippen LogP contribution in [0.15, 0.2) is 82.1 Å². The maximum absolute atomic E-state index is 13.1. The number of rotatable bonds is 5. The van der Waals surface area contributed by atoms with Crippen LogP contribution < -0.4 is 5.56 Å². The second-order valence-corrected chi connectivity index (χ2v) is 10.4. The first-order chi connectivity index (χ1) is 17.0. The molecule has 0 spiro atoms. The number of nitrogens with zero attached hydrogens (tertiary/aromatic N) is 2. The van der Waals surface area contributed by atoms with Gasteiger partial charge < -0.3 is 9.88 Å². The van der Waals surface area contributed by atoms with Gasteiger partial charge in [-0.3, -0.25) is 14.2 Å². The van der Waals surface area contributed by atoms with Crippen molar-refractivity contribution in [3.8, 4) is 0 Å². The van der Waals surface area contributed by atoms with Crippen molar-refractivity contribution in [1.29, 1.82) is 0 Å². The van der Waals surface area contributed by atoms with Crippen molar-refractivity contribution in [2.75, 3.05) is 13.1 Å². The van der Waals surface area contributed by atoms with Crippen molar-refractivity contribution in [2.45, 2.75) is 25.8 Å². The summed E-state index contributed by atoms with van der Waals surface area (Å²) in [6.45, 7) is 1.92. The first kappa shape index (κ1) is 23.7. The number of halogens is 1. The number of aromatic amines is 1. The molecule has 5 nitrogen and oxygen atoms in total. The third kappa shape index (κ3) is 5.31. The lowest BCUT2D eigenvalue weighted by atomic mass is 9.90. The van der Waals surface area contributed by atoms with E-state index in [-0.39, 0.29) is 11.5 Å². The minimum absolute atomic E-state index is 0.0692. The van der Waals surface area contributed by atoms with Crippen molar-refractivity contribution in [3.63, 3.8) is 0 Å². The predicted molar refractivity (Wildman–Crippen MR) is 145 cm³/mol. The lowest BCUT2D eigenvalue weighted by molar-refractivity contribution is 0.0690. The summed E-state index contributed by atoms with van der Waals surface area (Å²) >= 11 is 8.86. The van der Waals surface area contributed by atoms with E-state index in [0.29, 0.717) is 33.7 Å². The Bertz CT molecular complexity index is 1470. The Kier molecular flexibility index (Phi) is 6.97. The number of H-pyrrole nitrogens is 1. The maximum atomic E-state index is 13.1. The molecule has 4 aromatic rings. The number of likely N-dealkylation sites (tertiary alicyclic amines) is 1. The quantitative estimate of drug-likeness (QED) is 0.313. The second-order valence-electron chi connectivity index (χ2n) is 9.13. The average Bonchev–Trinajstić information content (AvgIpc) is 2.88. The standard InChI is InChI=1S/C28H26BrN3O2S/c29-23-10-11-25-24(17-23)27(34)32(28(35)30-25)18-21-6-8-22(9-7-21)26(33)31-14-12-20(13-15-31)16-19-4-2-1-3-5-19/h1-11,17,20H,12-16,18H2,(H,30,35). The van der Waals surface area contributed by atoms with Gasteiger partial charge in [0.1, 0.15) is 0 Å². The fraction of sp³-hybridized carbons (Fsp3) is 0.250. The molecule has 0 saturated carbocycles. The van der Waals surface area contributed by atoms with Gasteiger partial charge in [0.05, 0.1) is 17.4 Å². The largest absolute Gasteiger partial charge is 0.339 e. The first-order valence-corrected chi connectivity index (χ1v) is 13.0. The van der Waals surface area contributed by atoms with Crippen molar-refractivity contribution < 1.29 is 4.79 Å². The van der Waals surface area contributed by atoms with Gasteiger partial charge in [-0.1, -0.05) is 58.4 Å². The highest BCUT2D eigenvalue weighted by Crippen LogP contribution is 2.23. The summed E-state index contributed by atoms with van der Waals surface area (Å²) in [5.41, 5.74) is 3.54. The van der Waals surface area contributed by atoms with Crippen LogP contribution in [0.1, 0.15) is 34.3 Å². The Morgan fingerprint density at radius 1 is 0.971 bits per heavy atom. The van der Waals surface area contributed by atoms with Crippen molar-refractivity contribution in [2.24, 2.45) is 5.92 Å². The smallest absolute Gasteiger partial charge is 0.262 e. The van der Waals surface area contributed by atoms with E-state index in [4.69, 9.17) is 12.2 Å². The number of benzene rings is 3. The van der Waals surface area contributed by atoms with Crippen LogP contribution in [-0.4, -0.2) is 33.4 Å². The van der Waals surface area contributed by atoms with E-state index in [1.54, 1.807) is 10.6 Å². The molecule has 1 fully saturated rings. The number of piperidine rings is 1. The zero-order valence-corrected chi connectivity index (χ0v) is 21.6. The molecule has 5 rings (SSSR count). The zero-order chi connectivity index (χ0) is 24.4. The number of carbonyl (C=O) groups is 1. The number of hydrogen-bond donors (Lipinski definition) is 1. The van der Waals surface area contributed by atoms with E-state index in [1.807, 2.05) is 47.4 Å². The summed E-state index contributed by atoms with van der Waals surface area (Å²) in [4.78, 5) is 31.2. The summed E-state index contributed by atoms with van der Waals surface area (Å²) in [6.07, 6.45) is 3.13. The summed E-state index contributed by atoms with van der Waals surface area (Å²) in [5.74, 6) is 0.689. The fourth-order valence-electron chi connectivity index (χ4n) is 4.77. The molecule has 3 aromatic carbocycles. The summed E-state index contributed by atoms with van der Waals surface area (Å²) < 4.78 is 2.77. The van der Waals surface area contributed by atoms with Crippen LogP contribution in [0.25, 0.3) is 10.9 Å². The molecule has 1 saturated heterocycles. The SMILES string of the molecule is O=C(c1ccc(Cn2c(=S)[nH]c3ccc(Br)cc3c2=O)cc1)N1CCC(Cc2ccccc2)CC1. The van der Waals surface area contributed by atoms with Gasteiger partial charge in [-0.15, -0.1) is 0 Å². The molecule has 0 unspecified atom stereocenters. The second kappa shape index (κ2) is 10.3. The molecule has 0 bridgehead atoms. The van der Waals surface area contributed by atoms with Gasteiger partial charge in [0.15, 0.2) is 4.77 Å². The maximum Gasteiger partial charge on any atom is 0.262 e. The fourth-order valence-corrected chi connectivity index (χ4v) is 5.39. The number of carbonyl (C=O) groups excluding carboxylic acids is 1. The average molecular weight is 549 g/mol. The molecule has 35 heavy (non-hydrogen) atoms. The molecular formula is C28H26BrN3O2S. The lowest BCUT2D eigenvalue weighted by Gasteiger charge is -2.32. The normalized spacial score (nSPS) is 14.4. The van der Waals surface area contributed by atoms with E-state index >= 15 is 0 Å². The van der Waals surface area contributed by atoms with E-state index < -0.39 is 0 Å². The van der Waals surface area contributed by atoms with Crippen LogP contribution in [0.5, 0.6) is 0 Å². The number of amides is 1. The molecule has 0 radical (unpaired) electrons. The van der Waals surface area contributed by atoms with Crippen LogP contribution in [0.4, 0.5) is 0 Å². The molecule has 178 valence electrons. The van der Waals surface area contributed by atoms with Crippen LogP contribution in [0.3, 0.4) is 0 Å². The molecule has 1 amide bonds. The molecule has 2 heterocycles. The van der Waals surface area contributed by atoms with Crippen molar-refractivity contribution in [1.82, 2.24) is 14.5 Å². The zero-order valence-electron chi connectivity index (χ0n) is 19.2. The third-order valence-electron chi connectivity index (χ3n) is 6.75. The minimum atomic E-state index is -0.136. The first-order valence-electron chi connectivity index (χ1n) is 11.8. The molecular weight excluding hydrogens is 522 g/mol. The van der Waals surface area contributed by atoms with E-state index in [0.717, 1.165) is 42.4 Å². The Hall–Kier alpha value is -3.03. The van der Waals surface area contributed by atoms with Crippen LogP contribution in [0, 0.1) is 10.7 Å². The van der Waals surface area contributed by atoms with Gasteiger partial charge in [0.2, 0.25) is 0 Å². The molecule has 1 aliphatic rings. The highest BCUT2D eigenvalue weighted by Gasteiger charge is 2.23. The Morgan fingerprint density at radius 3 is 2.40 bits per heavy atom. The third-order valence-corrected chi connectivity index (χ3v) is 7.57. The van der Waals surface area contributed by atoms with Crippen molar-refractivity contribution >= 4 is 45.0 Å². The monoisotopic (exact) mass is 547 g/mol. The van der Waals surface area contributed by atoms with Crippen LogP contribution in [-0.2, 0) is 13.0 Å². The molecule has 0 atom stereocenters. The Labute approximate surface area is 217 Å². The predicted octanol–water partition coefficient (Wildman–Crippen LogP) is 5.96. The molecule has 0 aliphatic carbocycles. The van der Waals surface area contributed by atoms with Gasteiger partial charge in [0, 0.05) is 23.1 Å². The number of aromatic nitrogens is 2. The summed E-state index contributed by atoms with van der Waals surface area (Å²) in [7, 11) is 0. The summed E-state index contributed by atoms with van der Waals surface area (Å²) in [5, 5.41) is 0.579. The Balaban J connectivity index is 1.25. The molecule has 1 aromatic heterocycles. The van der Waals surface area contributed by atoms with Gasteiger partial charge in [0.25, 0.3) is 11.5 Å². The van der Waals surface area contributed by atoms with E-state index in [2.05, 4.69) is 45.2 Å². The van der Waals surface area contributed by atoms with Gasteiger partial charge in [-0.05, 0) is 78.9 Å². The molecule has 1 aliphatic heterocycles. The molecule has 1 N–H and O–H groups in total. The number of nitrogens with one attached hydrogen (secondary N) is 1. The van der Waals surface area contributed by atoms with Crippen LogP contribution in [0.2, 0.25) is 0 Å². The van der Waals surface area contributed by atoms with E-state index in [9.17, 15) is 9.59 Å². The summed E-state index contributed by atoms with van der Waals surface area (Å²) in [6, 6.07) is 23.6. The topological polar surface area (TPSA) is 58.1 Å². The van der Waals surface area contributed by atoms with Crippen molar-refractivity contribution in [3.05, 3.63) is 109 Å². The van der Waals surface area contributed by atoms with Gasteiger partial charge in [-0.2, -0.15) is 0 Å². The molecule has 7 heteroatoms. The minimum Gasteiger partial charge on any atom is -0.339 e. The highest BCUT2D eigenvalue weighted by atomic mass is 79.9. The Morgan fingerprint density at radius 2 is 1.69 bits per heavy atom. The number of hydrogen-bond acceptors (Lipinski definition) is 3. The highest BCUT2D eigenvalue weighted by molar-refractivity contribution is 9.10. The van der Waals surface area contributed by atoms with Gasteiger partial charge >= 0.3 is 0 Å². The number of fused-ring (bicyclic) bond motifs is 1. The van der Waals surface area contributed by atoms with Gasteiger partial charge in [-0.25, -0.2) is 0 Å².